The van der Waals surface area contributed by atoms with Crippen molar-refractivity contribution in [2.45, 2.75) is 25.9 Å². The fourth-order valence-electron chi connectivity index (χ4n) is 2.37. The monoisotopic (exact) mass is 285 g/mol. The van der Waals surface area contributed by atoms with Crippen LogP contribution in [0, 0.1) is 0 Å². The van der Waals surface area contributed by atoms with E-state index in [2.05, 4.69) is 37.0 Å². The molecule has 0 saturated heterocycles. The highest BCUT2D eigenvalue weighted by Gasteiger charge is 2.11. The molecule has 2 aromatic rings. The summed E-state index contributed by atoms with van der Waals surface area (Å²) in [5, 5.41) is 15.1. The zero-order valence-electron chi connectivity index (χ0n) is 12.5. The molecule has 0 aliphatic carbocycles. The lowest BCUT2D eigenvalue weighted by atomic mass is 10.0. The topological polar surface area (TPSA) is 41.5 Å². The molecule has 0 bridgehead atoms. The van der Waals surface area contributed by atoms with Crippen LogP contribution in [0.1, 0.15) is 18.9 Å². The molecule has 0 fully saturated rings. The zero-order chi connectivity index (χ0) is 15.1. The lowest BCUT2D eigenvalue weighted by Crippen LogP contribution is -2.31. The van der Waals surface area contributed by atoms with E-state index in [4.69, 9.17) is 4.74 Å². The highest BCUT2D eigenvalue weighted by atomic mass is 16.5. The maximum Gasteiger partial charge on any atom is 0.124 e. The Morgan fingerprint density at radius 2 is 2.10 bits per heavy atom. The smallest absolute Gasteiger partial charge is 0.124 e. The normalized spacial score (nSPS) is 12.3. The molecule has 0 amide bonds. The summed E-state index contributed by atoms with van der Waals surface area (Å²) in [7, 11) is 0. The van der Waals surface area contributed by atoms with Crippen molar-refractivity contribution in [1.82, 2.24) is 5.32 Å². The van der Waals surface area contributed by atoms with Crippen molar-refractivity contribution in [1.29, 1.82) is 0 Å². The third-order valence-electron chi connectivity index (χ3n) is 3.63. The van der Waals surface area contributed by atoms with Crippen molar-refractivity contribution < 1.29 is 9.84 Å². The van der Waals surface area contributed by atoms with Gasteiger partial charge in [0.2, 0.25) is 0 Å². The molecule has 0 aliphatic rings. The number of hydrogen-bond acceptors (Lipinski definition) is 3. The molecular formula is C18H23NO2. The fourth-order valence-corrected chi connectivity index (χ4v) is 2.37. The molecule has 2 aromatic carbocycles. The van der Waals surface area contributed by atoms with E-state index in [0.717, 1.165) is 17.7 Å². The van der Waals surface area contributed by atoms with Gasteiger partial charge < -0.3 is 15.2 Å². The summed E-state index contributed by atoms with van der Waals surface area (Å²) >= 11 is 0. The molecule has 2 N–H and O–H groups in total. The van der Waals surface area contributed by atoms with E-state index in [1.54, 1.807) is 6.08 Å². The highest BCUT2D eigenvalue weighted by Crippen LogP contribution is 2.28. The summed E-state index contributed by atoms with van der Waals surface area (Å²) in [6.45, 7) is 7.06. The van der Waals surface area contributed by atoms with Crippen LogP contribution in [-0.2, 0) is 6.54 Å². The molecule has 0 spiro atoms. The fraction of sp³-hybridized carbons (Fsp3) is 0.333. The van der Waals surface area contributed by atoms with Gasteiger partial charge in [0.05, 0.1) is 6.61 Å². The van der Waals surface area contributed by atoms with E-state index in [1.807, 2.05) is 18.2 Å². The van der Waals surface area contributed by atoms with Crippen molar-refractivity contribution in [3.8, 4) is 5.75 Å². The minimum absolute atomic E-state index is 0.108. The standard InChI is InChI=1S/C18H23NO2/c1-3-11-21-18-10-9-14-7-5-6-8-16(14)17(18)12-19-15(4-2)13-20/h3,5-10,15,19-20H,1,4,11-13H2,2H3/t15-/m0/s1. The first-order valence-electron chi connectivity index (χ1n) is 7.38. The van der Waals surface area contributed by atoms with Gasteiger partial charge in [-0.2, -0.15) is 0 Å². The van der Waals surface area contributed by atoms with E-state index in [9.17, 15) is 5.11 Å². The molecular weight excluding hydrogens is 262 g/mol. The number of nitrogens with one attached hydrogen (secondary N) is 1. The minimum atomic E-state index is 0.108. The largest absolute Gasteiger partial charge is 0.489 e. The van der Waals surface area contributed by atoms with E-state index in [-0.39, 0.29) is 12.6 Å². The van der Waals surface area contributed by atoms with Crippen LogP contribution in [0.15, 0.2) is 49.1 Å². The van der Waals surface area contributed by atoms with Gasteiger partial charge in [0, 0.05) is 18.2 Å². The van der Waals surface area contributed by atoms with Gasteiger partial charge in [-0.3, -0.25) is 0 Å². The minimum Gasteiger partial charge on any atom is -0.489 e. The summed E-state index contributed by atoms with van der Waals surface area (Å²) < 4.78 is 5.77. The maximum atomic E-state index is 9.32. The van der Waals surface area contributed by atoms with Gasteiger partial charge in [-0.05, 0) is 23.3 Å². The van der Waals surface area contributed by atoms with Crippen molar-refractivity contribution >= 4 is 10.8 Å². The molecule has 0 unspecified atom stereocenters. The van der Waals surface area contributed by atoms with Crippen molar-refractivity contribution in [2.24, 2.45) is 0 Å². The Morgan fingerprint density at radius 3 is 2.81 bits per heavy atom. The van der Waals surface area contributed by atoms with Crippen molar-refractivity contribution in [3.63, 3.8) is 0 Å². The Balaban J connectivity index is 2.33. The molecule has 112 valence electrons. The first-order chi connectivity index (χ1) is 10.3. The Labute approximate surface area is 126 Å². The quantitative estimate of drug-likeness (QED) is 0.731. The predicted octanol–water partition coefficient (Wildman–Crippen LogP) is 3.27. The molecule has 2 rings (SSSR count). The maximum absolute atomic E-state index is 9.32. The Morgan fingerprint density at radius 1 is 1.29 bits per heavy atom. The average Bonchev–Trinajstić information content (AvgIpc) is 2.54. The van der Waals surface area contributed by atoms with Crippen LogP contribution < -0.4 is 10.1 Å². The van der Waals surface area contributed by atoms with E-state index in [1.165, 1.54) is 10.8 Å². The molecule has 0 radical (unpaired) electrons. The van der Waals surface area contributed by atoms with E-state index < -0.39 is 0 Å². The second kappa shape index (κ2) is 7.81. The zero-order valence-corrected chi connectivity index (χ0v) is 12.5. The summed E-state index contributed by atoms with van der Waals surface area (Å²) in [5.41, 5.74) is 1.13. The number of aliphatic hydroxyl groups excluding tert-OH is 1. The summed E-state index contributed by atoms with van der Waals surface area (Å²) in [6, 6.07) is 12.4. The molecule has 3 nitrogen and oxygen atoms in total. The molecule has 21 heavy (non-hydrogen) atoms. The highest BCUT2D eigenvalue weighted by molar-refractivity contribution is 5.87. The van der Waals surface area contributed by atoms with Gasteiger partial charge >= 0.3 is 0 Å². The van der Waals surface area contributed by atoms with E-state index >= 15 is 0 Å². The van der Waals surface area contributed by atoms with Crippen LogP contribution in [-0.4, -0.2) is 24.4 Å². The lowest BCUT2D eigenvalue weighted by molar-refractivity contribution is 0.238. The van der Waals surface area contributed by atoms with Gasteiger partial charge in [-0.15, -0.1) is 0 Å². The molecule has 1 atom stereocenters. The van der Waals surface area contributed by atoms with Crippen LogP contribution in [0.4, 0.5) is 0 Å². The van der Waals surface area contributed by atoms with Crippen molar-refractivity contribution in [2.75, 3.05) is 13.2 Å². The molecule has 3 heteroatoms. The second-order valence-electron chi connectivity index (χ2n) is 5.03. The van der Waals surface area contributed by atoms with Gasteiger partial charge in [-0.1, -0.05) is 49.9 Å². The van der Waals surface area contributed by atoms with Crippen LogP contribution >= 0.6 is 0 Å². The van der Waals surface area contributed by atoms with Crippen LogP contribution in [0.5, 0.6) is 5.75 Å². The van der Waals surface area contributed by atoms with Crippen LogP contribution in [0.25, 0.3) is 10.8 Å². The molecule has 0 heterocycles. The first kappa shape index (κ1) is 15.5. The Hall–Kier alpha value is -1.84. The van der Waals surface area contributed by atoms with Gasteiger partial charge in [0.15, 0.2) is 0 Å². The number of benzene rings is 2. The van der Waals surface area contributed by atoms with Crippen molar-refractivity contribution in [3.05, 3.63) is 54.6 Å². The average molecular weight is 285 g/mol. The number of hydrogen-bond donors (Lipinski definition) is 2. The number of rotatable bonds is 8. The van der Waals surface area contributed by atoms with Crippen LogP contribution in [0.2, 0.25) is 0 Å². The number of ether oxygens (including phenoxy) is 1. The number of aliphatic hydroxyl groups is 1. The van der Waals surface area contributed by atoms with E-state index in [0.29, 0.717) is 13.2 Å². The SMILES string of the molecule is C=CCOc1ccc2ccccc2c1CN[C@@H](CC)CO. The lowest BCUT2D eigenvalue weighted by Gasteiger charge is -2.18. The third kappa shape index (κ3) is 3.84. The Bertz CT molecular complexity index is 591. The summed E-state index contributed by atoms with van der Waals surface area (Å²) in [6.07, 6.45) is 2.64. The molecule has 0 aromatic heterocycles. The first-order valence-corrected chi connectivity index (χ1v) is 7.38. The number of fused-ring (bicyclic) bond motifs is 1. The summed E-state index contributed by atoms with van der Waals surface area (Å²) in [4.78, 5) is 0. The van der Waals surface area contributed by atoms with Gasteiger partial charge in [-0.25, -0.2) is 0 Å². The van der Waals surface area contributed by atoms with Gasteiger partial charge in [0.1, 0.15) is 12.4 Å². The molecule has 0 aliphatic heterocycles. The Kier molecular flexibility index (Phi) is 5.78. The predicted molar refractivity (Wildman–Crippen MR) is 87.6 cm³/mol. The van der Waals surface area contributed by atoms with Crippen LogP contribution in [0.3, 0.4) is 0 Å². The molecule has 0 saturated carbocycles. The second-order valence-corrected chi connectivity index (χ2v) is 5.03. The third-order valence-corrected chi connectivity index (χ3v) is 3.63. The summed E-state index contributed by atoms with van der Waals surface area (Å²) in [5.74, 6) is 0.869. The van der Waals surface area contributed by atoms with Gasteiger partial charge in [0.25, 0.3) is 0 Å².